The maximum atomic E-state index is 14.0. The quantitative estimate of drug-likeness (QED) is 0.560. The summed E-state index contributed by atoms with van der Waals surface area (Å²) in [6, 6.07) is 3.71. The zero-order valence-electron chi connectivity index (χ0n) is 13.2. The Morgan fingerprint density at radius 2 is 1.58 bits per heavy atom. The van der Waals surface area contributed by atoms with E-state index in [2.05, 4.69) is 9.26 Å². The van der Waals surface area contributed by atoms with Gasteiger partial charge in [0.25, 0.3) is 0 Å². The fourth-order valence-corrected chi connectivity index (χ4v) is 2.46. The number of halogens is 5. The van der Waals surface area contributed by atoms with Gasteiger partial charge in [0, 0.05) is 16.7 Å². The van der Waals surface area contributed by atoms with Crippen LogP contribution in [0.5, 0.6) is 23.0 Å². The molecule has 0 aliphatic carbocycles. The molecule has 0 saturated heterocycles. The SMILES string of the molecule is COc1c(F)cc(F)c(Oc2cc(C)cc(O[P+](=O)O)c2)c1C(F)(F)F. The average Bonchev–Trinajstić information content (AvgIpc) is 2.47. The zero-order chi connectivity index (χ0) is 19.6. The van der Waals surface area contributed by atoms with Crippen LogP contribution in [-0.2, 0) is 10.7 Å². The third-order valence-electron chi connectivity index (χ3n) is 3.06. The molecule has 2 aromatic carbocycles. The van der Waals surface area contributed by atoms with Crippen molar-refractivity contribution in [3.8, 4) is 23.0 Å². The molecule has 0 heterocycles. The fourth-order valence-electron chi connectivity index (χ4n) is 2.17. The molecule has 1 unspecified atom stereocenters. The van der Waals surface area contributed by atoms with Crippen LogP contribution >= 0.6 is 8.25 Å². The number of benzene rings is 2. The van der Waals surface area contributed by atoms with Crippen LogP contribution in [0.2, 0.25) is 0 Å². The predicted molar refractivity (Wildman–Crippen MR) is 79.6 cm³/mol. The highest BCUT2D eigenvalue weighted by molar-refractivity contribution is 7.32. The van der Waals surface area contributed by atoms with Crippen LogP contribution in [0.4, 0.5) is 22.0 Å². The van der Waals surface area contributed by atoms with Gasteiger partial charge in [0.05, 0.1) is 7.11 Å². The minimum atomic E-state index is -5.18. The molecule has 2 rings (SSSR count). The Hall–Kier alpha value is -2.45. The van der Waals surface area contributed by atoms with Crippen LogP contribution in [-0.4, -0.2) is 12.0 Å². The monoisotopic (exact) mass is 397 g/mol. The smallest absolute Gasteiger partial charge is 0.493 e. The Bertz CT molecular complexity index is 853. The van der Waals surface area contributed by atoms with Crippen LogP contribution in [0.15, 0.2) is 24.3 Å². The fraction of sp³-hybridized carbons (Fsp3) is 0.200. The van der Waals surface area contributed by atoms with Gasteiger partial charge in [-0.25, -0.2) is 13.3 Å². The first kappa shape index (κ1) is 19.9. The summed E-state index contributed by atoms with van der Waals surface area (Å²) in [7, 11) is -2.24. The minimum absolute atomic E-state index is 0.188. The minimum Gasteiger partial charge on any atom is -0.493 e. The summed E-state index contributed by atoms with van der Waals surface area (Å²) < 4.78 is 92.2. The van der Waals surface area contributed by atoms with E-state index in [0.717, 1.165) is 13.2 Å². The highest BCUT2D eigenvalue weighted by Gasteiger charge is 2.42. The Labute approximate surface area is 144 Å². The van der Waals surface area contributed by atoms with Crippen molar-refractivity contribution < 1.29 is 45.4 Å². The van der Waals surface area contributed by atoms with Crippen LogP contribution < -0.4 is 14.0 Å². The number of methoxy groups -OCH3 is 1. The third-order valence-corrected chi connectivity index (χ3v) is 3.42. The molecule has 5 nitrogen and oxygen atoms in total. The Morgan fingerprint density at radius 3 is 2.12 bits per heavy atom. The molecule has 0 bridgehead atoms. The molecule has 26 heavy (non-hydrogen) atoms. The van der Waals surface area contributed by atoms with Crippen molar-refractivity contribution in [3.63, 3.8) is 0 Å². The largest absolute Gasteiger partial charge is 0.747 e. The maximum absolute atomic E-state index is 14.0. The Morgan fingerprint density at radius 1 is 1.00 bits per heavy atom. The van der Waals surface area contributed by atoms with Crippen molar-refractivity contribution >= 4 is 8.25 Å². The van der Waals surface area contributed by atoms with Crippen molar-refractivity contribution in [1.82, 2.24) is 0 Å². The summed E-state index contributed by atoms with van der Waals surface area (Å²) in [5, 5.41) is 0. The molecule has 2 aromatic rings. The number of ether oxygens (including phenoxy) is 2. The molecule has 0 amide bonds. The molecule has 0 radical (unpaired) electrons. The second-order valence-corrected chi connectivity index (χ2v) is 5.65. The van der Waals surface area contributed by atoms with Gasteiger partial charge < -0.3 is 9.47 Å². The standard InChI is InChI=1S/C15H10F5O5P/c1-7-3-8(5-9(4-7)25-26(21)22)24-14-11(17)6-10(16)13(23-2)12(14)15(18,19)20/h3-6H,1-2H3/p+1. The maximum Gasteiger partial charge on any atom is 0.747 e. The lowest BCUT2D eigenvalue weighted by atomic mass is 10.1. The summed E-state index contributed by atoms with van der Waals surface area (Å²) in [4.78, 5) is 8.75. The first-order valence-electron chi connectivity index (χ1n) is 6.79. The lowest BCUT2D eigenvalue weighted by Crippen LogP contribution is -2.12. The molecule has 0 fully saturated rings. The molecule has 11 heteroatoms. The Balaban J connectivity index is 2.60. The zero-order valence-corrected chi connectivity index (χ0v) is 14.1. The van der Waals surface area contributed by atoms with E-state index in [0.29, 0.717) is 5.56 Å². The van der Waals surface area contributed by atoms with Gasteiger partial charge in [0.1, 0.15) is 11.3 Å². The van der Waals surface area contributed by atoms with Crippen molar-refractivity contribution in [2.24, 2.45) is 0 Å². The van der Waals surface area contributed by atoms with Crippen LogP contribution in [0.25, 0.3) is 0 Å². The number of rotatable bonds is 5. The number of hydrogen-bond donors (Lipinski definition) is 1. The molecule has 0 aromatic heterocycles. The van der Waals surface area contributed by atoms with Crippen LogP contribution in [0.1, 0.15) is 11.1 Å². The van der Waals surface area contributed by atoms with Gasteiger partial charge in [-0.15, -0.1) is 4.89 Å². The van der Waals surface area contributed by atoms with Gasteiger partial charge >= 0.3 is 14.4 Å². The highest BCUT2D eigenvalue weighted by atomic mass is 31.1. The highest BCUT2D eigenvalue weighted by Crippen LogP contribution is 2.46. The van der Waals surface area contributed by atoms with E-state index >= 15 is 0 Å². The Kier molecular flexibility index (Phi) is 5.68. The van der Waals surface area contributed by atoms with E-state index in [1.165, 1.54) is 19.1 Å². The van der Waals surface area contributed by atoms with E-state index < -0.39 is 43.1 Å². The van der Waals surface area contributed by atoms with Crippen molar-refractivity contribution in [2.75, 3.05) is 7.11 Å². The molecule has 0 spiro atoms. The number of aryl methyl sites for hydroxylation is 1. The molecule has 1 atom stereocenters. The van der Waals surface area contributed by atoms with E-state index in [9.17, 15) is 26.5 Å². The van der Waals surface area contributed by atoms with Gasteiger partial charge in [-0.3, -0.25) is 0 Å². The molecule has 0 saturated carbocycles. The summed E-state index contributed by atoms with van der Waals surface area (Å²) in [5.74, 6) is -6.19. The molecule has 0 aliphatic heterocycles. The molecule has 140 valence electrons. The second-order valence-electron chi connectivity index (χ2n) is 4.99. The number of alkyl halides is 3. The van der Waals surface area contributed by atoms with Gasteiger partial charge in [-0.2, -0.15) is 13.2 Å². The summed E-state index contributed by atoms with van der Waals surface area (Å²) in [6.07, 6.45) is -5.18. The van der Waals surface area contributed by atoms with Gasteiger partial charge in [0.15, 0.2) is 28.9 Å². The molecule has 0 aliphatic rings. The second kappa shape index (κ2) is 7.43. The van der Waals surface area contributed by atoms with Gasteiger partial charge in [-0.1, -0.05) is 0 Å². The summed E-state index contributed by atoms with van der Waals surface area (Å²) in [6.45, 7) is 1.50. The lowest BCUT2D eigenvalue weighted by Gasteiger charge is -2.18. The van der Waals surface area contributed by atoms with Crippen molar-refractivity contribution in [2.45, 2.75) is 13.1 Å². The van der Waals surface area contributed by atoms with E-state index in [4.69, 9.17) is 9.63 Å². The number of hydrogen-bond acceptors (Lipinski definition) is 4. The first-order valence-corrected chi connectivity index (χ1v) is 7.92. The summed E-state index contributed by atoms with van der Waals surface area (Å²) in [5.41, 5.74) is -1.38. The average molecular weight is 397 g/mol. The van der Waals surface area contributed by atoms with Gasteiger partial charge in [0.2, 0.25) is 0 Å². The normalized spacial score (nSPS) is 11.9. The molecule has 1 N–H and O–H groups in total. The third kappa shape index (κ3) is 4.39. The van der Waals surface area contributed by atoms with E-state index in [1.807, 2.05) is 0 Å². The predicted octanol–water partition coefficient (Wildman–Crippen LogP) is 5.12. The van der Waals surface area contributed by atoms with Crippen LogP contribution in [0.3, 0.4) is 0 Å². The first-order chi connectivity index (χ1) is 12.0. The topological polar surface area (TPSA) is 65.0 Å². The summed E-state index contributed by atoms with van der Waals surface area (Å²) >= 11 is 0. The van der Waals surface area contributed by atoms with Crippen molar-refractivity contribution in [3.05, 3.63) is 47.0 Å². The van der Waals surface area contributed by atoms with Gasteiger partial charge in [-0.05, 0) is 24.6 Å². The molecular weight excluding hydrogens is 386 g/mol. The van der Waals surface area contributed by atoms with Crippen molar-refractivity contribution in [1.29, 1.82) is 0 Å². The molecular formula is C15H11F5O5P+. The van der Waals surface area contributed by atoms with E-state index in [-0.39, 0.29) is 17.6 Å². The lowest BCUT2D eigenvalue weighted by molar-refractivity contribution is -0.140. The van der Waals surface area contributed by atoms with Crippen LogP contribution in [0, 0.1) is 18.6 Å². The van der Waals surface area contributed by atoms with E-state index in [1.54, 1.807) is 0 Å².